The number of hydrogen-bond donors (Lipinski definition) is 0. The smallest absolute Gasteiger partial charge is 0.0481 e. The third kappa shape index (κ3) is 1.78. The Labute approximate surface area is 89.3 Å². The van der Waals surface area contributed by atoms with Crippen molar-refractivity contribution in [2.75, 3.05) is 0 Å². The first kappa shape index (κ1) is 9.60. The Morgan fingerprint density at radius 3 is 2.79 bits per heavy atom. The normalized spacial score (nSPS) is 11.4. The van der Waals surface area contributed by atoms with Crippen LogP contribution in [-0.2, 0) is 6.54 Å². The Hall–Kier alpha value is -0.950. The lowest BCUT2D eigenvalue weighted by Gasteiger charge is -2.07. The molecule has 2 heteroatoms. The minimum absolute atomic E-state index is 0.799. The maximum atomic E-state index is 5.92. The van der Waals surface area contributed by atoms with Crippen LogP contribution in [0.3, 0.4) is 0 Å². The zero-order chi connectivity index (χ0) is 10.1. The average Bonchev–Trinajstić information content (AvgIpc) is 2.47. The lowest BCUT2D eigenvalue weighted by atomic mass is 10.2. The van der Waals surface area contributed by atoms with Gasteiger partial charge in [-0.2, -0.15) is 0 Å². The van der Waals surface area contributed by atoms with Crippen LogP contribution >= 0.6 is 11.6 Å². The molecule has 0 atom stereocenters. The van der Waals surface area contributed by atoms with Crippen LogP contribution in [0.4, 0.5) is 0 Å². The number of nitrogens with zero attached hydrogens (tertiary/aromatic N) is 1. The van der Waals surface area contributed by atoms with Crippen molar-refractivity contribution in [3.8, 4) is 0 Å². The van der Waals surface area contributed by atoms with Crippen molar-refractivity contribution in [2.45, 2.75) is 20.4 Å². The molecule has 0 spiro atoms. The van der Waals surface area contributed by atoms with E-state index in [4.69, 9.17) is 11.6 Å². The van der Waals surface area contributed by atoms with E-state index in [-0.39, 0.29) is 0 Å². The zero-order valence-corrected chi connectivity index (χ0v) is 9.17. The average molecular weight is 207 g/mol. The largest absolute Gasteiger partial charge is 0.347 e. The molecular weight excluding hydrogens is 194 g/mol. The first-order chi connectivity index (χ1) is 6.66. The van der Waals surface area contributed by atoms with E-state index in [1.807, 2.05) is 12.1 Å². The summed E-state index contributed by atoms with van der Waals surface area (Å²) >= 11 is 5.92. The van der Waals surface area contributed by atoms with Crippen LogP contribution in [0.15, 0.2) is 30.5 Å². The summed E-state index contributed by atoms with van der Waals surface area (Å²) in [4.78, 5) is 0. The minimum Gasteiger partial charge on any atom is -0.347 e. The molecule has 0 fully saturated rings. The van der Waals surface area contributed by atoms with Gasteiger partial charge in [-0.3, -0.25) is 0 Å². The molecule has 0 bridgehead atoms. The molecule has 0 aliphatic heterocycles. The second-order valence-corrected chi connectivity index (χ2v) is 4.29. The quantitative estimate of drug-likeness (QED) is 0.702. The maximum Gasteiger partial charge on any atom is 0.0481 e. The summed E-state index contributed by atoms with van der Waals surface area (Å²) in [5, 5.41) is 2.01. The number of halogens is 1. The Balaban J connectivity index is 2.47. The minimum atomic E-state index is 0.799. The molecule has 0 aliphatic carbocycles. The van der Waals surface area contributed by atoms with Crippen LogP contribution in [0.25, 0.3) is 10.9 Å². The number of rotatable bonds is 2. The van der Waals surface area contributed by atoms with E-state index in [0.717, 1.165) is 11.6 Å². The molecule has 2 aromatic rings. The van der Waals surface area contributed by atoms with Gasteiger partial charge in [0.1, 0.15) is 0 Å². The van der Waals surface area contributed by atoms with Crippen molar-refractivity contribution >= 4 is 22.5 Å². The van der Waals surface area contributed by atoms with E-state index >= 15 is 0 Å². The fourth-order valence-corrected chi connectivity index (χ4v) is 1.83. The molecule has 0 saturated heterocycles. The Morgan fingerprint density at radius 2 is 2.07 bits per heavy atom. The number of benzene rings is 1. The number of hydrogen-bond acceptors (Lipinski definition) is 0. The van der Waals surface area contributed by atoms with Gasteiger partial charge in [0.2, 0.25) is 0 Å². The molecule has 1 aromatic heterocycles. The molecule has 2 rings (SSSR count). The summed E-state index contributed by atoms with van der Waals surface area (Å²) < 4.78 is 2.24. The molecular formula is C12H13ClN. The highest BCUT2D eigenvalue weighted by Gasteiger charge is 2.02. The van der Waals surface area contributed by atoms with Crippen molar-refractivity contribution < 1.29 is 0 Å². The predicted octanol–water partition coefficient (Wildman–Crippen LogP) is 3.91. The highest BCUT2D eigenvalue weighted by atomic mass is 35.5. The molecule has 0 amide bonds. The number of fused-ring (bicyclic) bond motifs is 1. The van der Waals surface area contributed by atoms with Gasteiger partial charge in [-0.1, -0.05) is 25.4 Å². The summed E-state index contributed by atoms with van der Waals surface area (Å²) in [6.07, 6.45) is 2.11. The van der Waals surface area contributed by atoms with E-state index in [9.17, 15) is 0 Å². The summed E-state index contributed by atoms with van der Waals surface area (Å²) in [7, 11) is 0. The number of aromatic nitrogens is 1. The highest BCUT2D eigenvalue weighted by Crippen LogP contribution is 2.21. The van der Waals surface area contributed by atoms with E-state index in [1.54, 1.807) is 0 Å². The monoisotopic (exact) mass is 206 g/mol. The van der Waals surface area contributed by atoms with Gasteiger partial charge in [0.25, 0.3) is 0 Å². The van der Waals surface area contributed by atoms with Gasteiger partial charge < -0.3 is 4.57 Å². The van der Waals surface area contributed by atoms with Gasteiger partial charge in [-0.05, 0) is 30.2 Å². The van der Waals surface area contributed by atoms with Crippen molar-refractivity contribution in [1.29, 1.82) is 0 Å². The molecule has 14 heavy (non-hydrogen) atoms. The lowest BCUT2D eigenvalue weighted by Crippen LogP contribution is -2.00. The van der Waals surface area contributed by atoms with Crippen molar-refractivity contribution in [2.24, 2.45) is 0 Å². The third-order valence-corrected chi connectivity index (χ3v) is 2.45. The zero-order valence-electron chi connectivity index (χ0n) is 8.42. The van der Waals surface area contributed by atoms with Crippen LogP contribution in [-0.4, -0.2) is 4.57 Å². The van der Waals surface area contributed by atoms with Crippen molar-refractivity contribution in [3.05, 3.63) is 41.4 Å². The van der Waals surface area contributed by atoms with Crippen molar-refractivity contribution in [3.63, 3.8) is 0 Å². The predicted molar refractivity (Wildman–Crippen MR) is 61.5 cm³/mol. The highest BCUT2D eigenvalue weighted by molar-refractivity contribution is 6.31. The SMILES string of the molecule is C[C](C)Cn1ccc2cc(Cl)ccc21. The Morgan fingerprint density at radius 1 is 1.29 bits per heavy atom. The summed E-state index contributed by atoms with van der Waals surface area (Å²) in [5.41, 5.74) is 1.25. The molecule has 1 heterocycles. The van der Waals surface area contributed by atoms with Crippen molar-refractivity contribution in [1.82, 2.24) is 4.57 Å². The van der Waals surface area contributed by atoms with Crippen LogP contribution < -0.4 is 0 Å². The molecule has 0 saturated carbocycles. The first-order valence-electron chi connectivity index (χ1n) is 4.70. The van der Waals surface area contributed by atoms with Gasteiger partial charge in [-0.15, -0.1) is 0 Å². The summed E-state index contributed by atoms with van der Waals surface area (Å²) in [6.45, 7) is 5.26. The second-order valence-electron chi connectivity index (χ2n) is 3.85. The van der Waals surface area contributed by atoms with Crippen LogP contribution in [0.2, 0.25) is 5.02 Å². The second kappa shape index (κ2) is 3.66. The van der Waals surface area contributed by atoms with E-state index in [0.29, 0.717) is 0 Å². The molecule has 1 radical (unpaired) electrons. The molecule has 1 nitrogen and oxygen atoms in total. The topological polar surface area (TPSA) is 4.93 Å². The fraction of sp³-hybridized carbons (Fsp3) is 0.250. The first-order valence-corrected chi connectivity index (χ1v) is 5.08. The van der Waals surface area contributed by atoms with Gasteiger partial charge in [0.05, 0.1) is 0 Å². The summed E-state index contributed by atoms with van der Waals surface area (Å²) in [5.74, 6) is 1.40. The van der Waals surface area contributed by atoms with Gasteiger partial charge >= 0.3 is 0 Å². The Kier molecular flexibility index (Phi) is 2.51. The maximum absolute atomic E-state index is 5.92. The van der Waals surface area contributed by atoms with Gasteiger partial charge in [0, 0.05) is 28.7 Å². The van der Waals surface area contributed by atoms with Crippen LogP contribution in [0, 0.1) is 5.92 Å². The van der Waals surface area contributed by atoms with Gasteiger partial charge in [-0.25, -0.2) is 0 Å². The molecule has 1 aromatic carbocycles. The van der Waals surface area contributed by atoms with E-state index < -0.39 is 0 Å². The molecule has 73 valence electrons. The molecule has 0 N–H and O–H groups in total. The van der Waals surface area contributed by atoms with E-state index in [2.05, 4.69) is 36.7 Å². The van der Waals surface area contributed by atoms with E-state index in [1.165, 1.54) is 16.8 Å². The summed E-state index contributed by atoms with van der Waals surface area (Å²) in [6, 6.07) is 8.11. The molecule has 0 aliphatic rings. The molecule has 0 unspecified atom stereocenters. The van der Waals surface area contributed by atoms with Crippen LogP contribution in [0.5, 0.6) is 0 Å². The lowest BCUT2D eigenvalue weighted by molar-refractivity contribution is 0.738. The standard InChI is InChI=1S/C12H13ClN/c1-9(2)8-14-6-5-10-7-11(13)3-4-12(10)14/h3-7H,8H2,1-2H3. The fourth-order valence-electron chi connectivity index (χ4n) is 1.65. The van der Waals surface area contributed by atoms with Crippen LogP contribution in [0.1, 0.15) is 13.8 Å². The third-order valence-electron chi connectivity index (χ3n) is 2.22. The Bertz CT molecular complexity index is 443. The van der Waals surface area contributed by atoms with Gasteiger partial charge in [0.15, 0.2) is 0 Å².